The largest absolute Gasteiger partial charge is 0.444 e. The number of carbonyl (C=O) groups is 9. The van der Waals surface area contributed by atoms with Crippen LogP contribution in [0.1, 0.15) is 122 Å². The number of unbranched alkanes of at least 4 members (excludes halogenated alkanes) is 1. The molecule has 0 aliphatic carbocycles. The highest BCUT2D eigenvalue weighted by atomic mass is 33.1. The van der Waals surface area contributed by atoms with Gasteiger partial charge in [-0.05, 0) is 108 Å². The van der Waals surface area contributed by atoms with Crippen LogP contribution < -0.4 is 53.2 Å². The molecule has 10 amide bonds. The van der Waals surface area contributed by atoms with Crippen LogP contribution in [0.2, 0.25) is 0 Å². The van der Waals surface area contributed by atoms with E-state index in [4.69, 9.17) is 47.4 Å². The second-order valence-corrected chi connectivity index (χ2v) is 33.3. The maximum Gasteiger partial charge on any atom is 0.407 e. The van der Waals surface area contributed by atoms with E-state index in [1.807, 2.05) is 117 Å². The predicted molar refractivity (Wildman–Crippen MR) is 445 cm³/mol. The standard InChI is InChI=1S/C82H130N10O20S3/c1-61(2)53-67(88-77(98)65(54-62-21-9-6-10-22-62)57-70(93)66(55-63-23-11-7-12-24-63)91-81(102)112-82(3,4)5)79(100)89-68(56-64-25-13-8-14-26-64)78(99)87-33-20-38-106-42-46-108-45-41-105-37-19-32-85-75(97)59-111-50-48-109-47-49-110-58-74(96)84-31-18-36-104-40-44-107-43-39-103-35-17-30-83-73(95)29-51-114-115-52-34-86-72(94)28-16-15-27-71-76-69(60-113-71)90-80(101)92-76/h6-14,21-26,61,65-71,76,93H,15-20,27-60H2,1-5H3,(H,83,95)(H,84,96)(H,85,97)(H,86,94)(H,87,99)(H,88,98)(H,89,100)(H,91,102)(H2,90,92,101)/t65-,66+,67+,68+,69+,70-,71+,76+/m1/s1. The van der Waals surface area contributed by atoms with E-state index in [2.05, 4.69) is 53.2 Å². The topological polar surface area (TPSA) is 386 Å². The van der Waals surface area contributed by atoms with Gasteiger partial charge in [-0.25, -0.2) is 9.59 Å². The number of nitrogens with one attached hydrogen (secondary N) is 10. The number of hydrogen-bond donors (Lipinski definition) is 11. The zero-order valence-electron chi connectivity index (χ0n) is 68.1. The number of amides is 10. The first-order chi connectivity index (χ1) is 55.7. The van der Waals surface area contributed by atoms with Crippen LogP contribution in [-0.4, -0.2) is 275 Å². The molecule has 11 N–H and O–H groups in total. The molecular weight excluding hydrogens is 1540 g/mol. The van der Waals surface area contributed by atoms with Crippen molar-refractivity contribution in [2.75, 3.05) is 169 Å². The number of urea groups is 1. The van der Waals surface area contributed by atoms with E-state index in [9.17, 15) is 48.3 Å². The first-order valence-corrected chi connectivity index (χ1v) is 44.1. The Hall–Kier alpha value is -6.86. The van der Waals surface area contributed by atoms with E-state index in [-0.39, 0.29) is 126 Å². The molecule has 2 heterocycles. The average Bonchev–Trinajstić information content (AvgIpc) is 1.67. The minimum absolute atomic E-state index is 0.00359. The maximum absolute atomic E-state index is 14.6. The summed E-state index contributed by atoms with van der Waals surface area (Å²) < 4.78 is 55.5. The van der Waals surface area contributed by atoms with Crippen LogP contribution in [0.3, 0.4) is 0 Å². The van der Waals surface area contributed by atoms with E-state index in [0.717, 1.165) is 47.5 Å². The zero-order chi connectivity index (χ0) is 82.8. The van der Waals surface area contributed by atoms with Gasteiger partial charge >= 0.3 is 12.1 Å². The van der Waals surface area contributed by atoms with E-state index in [0.29, 0.717) is 155 Å². The molecular formula is C82H130N10O20S3. The highest BCUT2D eigenvalue weighted by molar-refractivity contribution is 8.76. The van der Waals surface area contributed by atoms with Crippen molar-refractivity contribution in [2.24, 2.45) is 11.8 Å². The second-order valence-electron chi connectivity index (χ2n) is 29.3. The second kappa shape index (κ2) is 61.5. The minimum atomic E-state index is -1.19. The number of benzene rings is 3. The summed E-state index contributed by atoms with van der Waals surface area (Å²) in [7, 11) is 3.27. The number of rotatable bonds is 67. The zero-order valence-corrected chi connectivity index (χ0v) is 70.5. The highest BCUT2D eigenvalue weighted by Gasteiger charge is 2.43. The Bertz CT molecular complexity index is 3180. The number of ether oxygens (including phenoxy) is 10. The molecule has 0 aromatic heterocycles. The van der Waals surface area contributed by atoms with Gasteiger partial charge in [0.1, 0.15) is 30.9 Å². The third-order valence-electron chi connectivity index (χ3n) is 17.9. The Balaban J connectivity index is 0.773. The lowest BCUT2D eigenvalue weighted by Crippen LogP contribution is -2.56. The number of fused-ring (bicyclic) bond motifs is 1. The predicted octanol–water partition coefficient (Wildman–Crippen LogP) is 5.78. The molecule has 33 heteroatoms. The van der Waals surface area contributed by atoms with Crippen molar-refractivity contribution < 1.29 is 95.6 Å². The van der Waals surface area contributed by atoms with Gasteiger partial charge < -0.3 is 106 Å². The van der Waals surface area contributed by atoms with Gasteiger partial charge in [0.15, 0.2) is 0 Å². The fraction of sp³-hybridized carbons (Fsp3) is 0.671. The van der Waals surface area contributed by atoms with Crippen molar-refractivity contribution in [3.8, 4) is 0 Å². The third kappa shape index (κ3) is 48.6. The van der Waals surface area contributed by atoms with E-state index in [1.165, 1.54) is 0 Å². The average molecular weight is 1670 g/mol. The van der Waals surface area contributed by atoms with Crippen LogP contribution in [0.4, 0.5) is 9.59 Å². The molecule has 115 heavy (non-hydrogen) atoms. The molecule has 2 fully saturated rings. The summed E-state index contributed by atoms with van der Waals surface area (Å²) >= 11 is 1.89. The van der Waals surface area contributed by atoms with Crippen molar-refractivity contribution in [2.45, 2.75) is 172 Å². The summed E-state index contributed by atoms with van der Waals surface area (Å²) in [5.74, 6) is -0.244. The molecule has 0 saturated carbocycles. The number of hydrogen-bond acceptors (Lipinski definition) is 23. The molecule has 30 nitrogen and oxygen atoms in total. The normalized spacial score (nSPS) is 15.7. The van der Waals surface area contributed by atoms with Gasteiger partial charge in [0.25, 0.3) is 0 Å². The summed E-state index contributed by atoms with van der Waals surface area (Å²) in [5, 5.41) is 41.5. The highest BCUT2D eigenvalue weighted by Crippen LogP contribution is 2.33. The SMILES string of the molecule is CC(C)C[C@H](NC(=O)[C@H](Cc1ccccc1)C[C@@H](O)[C@H](Cc1ccccc1)NC(=O)OC(C)(C)C)C(=O)N[C@@H](Cc1ccccc1)C(=O)NCCCOCCOCCOCCCNC(=O)COCCOCCOCC(=O)NCCCOCCOCCOCCCNC(=O)CCSSCCNC(=O)CCCC[C@@H]1SC[C@@H]2NC(=O)N[C@@H]21. The Morgan fingerprint density at radius 2 is 0.913 bits per heavy atom. The van der Waals surface area contributed by atoms with Gasteiger partial charge in [0.2, 0.25) is 41.4 Å². The number of carbonyl (C=O) groups excluding carboxylic acids is 9. The molecule has 2 aliphatic heterocycles. The third-order valence-corrected chi connectivity index (χ3v) is 21.8. The quantitative estimate of drug-likeness (QED) is 0.0181. The molecule has 0 bridgehead atoms. The van der Waals surface area contributed by atoms with Gasteiger partial charge in [0.05, 0.1) is 104 Å². The summed E-state index contributed by atoms with van der Waals surface area (Å²) in [4.78, 5) is 116. The molecule has 8 atom stereocenters. The Morgan fingerprint density at radius 1 is 0.470 bits per heavy atom. The van der Waals surface area contributed by atoms with Crippen LogP contribution >= 0.6 is 33.3 Å². The van der Waals surface area contributed by atoms with Crippen LogP contribution in [0.5, 0.6) is 0 Å². The van der Waals surface area contributed by atoms with Crippen molar-refractivity contribution >= 4 is 86.8 Å². The smallest absolute Gasteiger partial charge is 0.407 e. The molecule has 0 radical (unpaired) electrons. The van der Waals surface area contributed by atoms with Crippen LogP contribution in [0.25, 0.3) is 0 Å². The van der Waals surface area contributed by atoms with Gasteiger partial charge in [-0.3, -0.25) is 33.6 Å². The molecule has 2 saturated heterocycles. The van der Waals surface area contributed by atoms with Gasteiger partial charge in [-0.15, -0.1) is 0 Å². The van der Waals surface area contributed by atoms with Crippen LogP contribution in [0.15, 0.2) is 91.0 Å². The van der Waals surface area contributed by atoms with E-state index >= 15 is 0 Å². The fourth-order valence-electron chi connectivity index (χ4n) is 12.1. The van der Waals surface area contributed by atoms with Gasteiger partial charge in [-0.1, -0.05) is 133 Å². The Kier molecular flexibility index (Phi) is 52.8. The summed E-state index contributed by atoms with van der Waals surface area (Å²) in [5.41, 5.74) is 1.75. The number of thioether (sulfide) groups is 1. The lowest BCUT2D eigenvalue weighted by atomic mass is 9.88. The van der Waals surface area contributed by atoms with Crippen LogP contribution in [0, 0.1) is 11.8 Å². The Morgan fingerprint density at radius 3 is 1.43 bits per heavy atom. The van der Waals surface area contributed by atoms with Crippen molar-refractivity contribution in [3.63, 3.8) is 0 Å². The molecule has 646 valence electrons. The van der Waals surface area contributed by atoms with Gasteiger partial charge in [0, 0.05) is 107 Å². The minimum Gasteiger partial charge on any atom is -0.444 e. The monoisotopic (exact) mass is 1670 g/mol. The number of aliphatic hydroxyl groups excluding tert-OH is 1. The van der Waals surface area contributed by atoms with E-state index in [1.54, 1.807) is 42.4 Å². The lowest BCUT2D eigenvalue weighted by molar-refractivity contribution is -0.134. The molecule has 5 rings (SSSR count). The van der Waals surface area contributed by atoms with Crippen molar-refractivity contribution in [1.82, 2.24) is 53.2 Å². The first kappa shape index (κ1) is 98.7. The molecule has 3 aromatic rings. The molecule has 0 spiro atoms. The summed E-state index contributed by atoms with van der Waals surface area (Å²) in [6.45, 7) is 17.0. The summed E-state index contributed by atoms with van der Waals surface area (Å²) in [6.07, 6.45) is 5.19. The molecule has 2 aliphatic rings. The summed E-state index contributed by atoms with van der Waals surface area (Å²) in [6, 6.07) is 25.7. The van der Waals surface area contributed by atoms with E-state index < -0.39 is 59.6 Å². The van der Waals surface area contributed by atoms with Gasteiger partial charge in [-0.2, -0.15) is 11.8 Å². The fourth-order valence-corrected chi connectivity index (χ4v) is 15.5. The van der Waals surface area contributed by atoms with Crippen molar-refractivity contribution in [3.05, 3.63) is 108 Å². The molecule has 3 aromatic carbocycles. The van der Waals surface area contributed by atoms with Crippen molar-refractivity contribution in [1.29, 1.82) is 0 Å². The maximum atomic E-state index is 14.6. The van der Waals surface area contributed by atoms with Crippen LogP contribution in [-0.2, 0) is 100 Å². The number of aliphatic hydroxyl groups is 1. The number of alkyl carbamates (subject to hydrolysis) is 1. The lowest BCUT2D eigenvalue weighted by Gasteiger charge is -2.30. The first-order valence-electron chi connectivity index (χ1n) is 40.6. The Labute approximate surface area is 692 Å². The molecule has 0 unspecified atom stereocenters.